The molecular weight excluding hydrogens is 392 g/mol. The van der Waals surface area contributed by atoms with Gasteiger partial charge in [0, 0.05) is 9.95 Å². The van der Waals surface area contributed by atoms with E-state index in [0.29, 0.717) is 0 Å². The van der Waals surface area contributed by atoms with Crippen LogP contribution in [0, 0.1) is 16.0 Å². The van der Waals surface area contributed by atoms with E-state index in [9.17, 15) is 24.5 Å². The molecule has 0 fully saturated rings. The molecule has 1 aliphatic rings. The molecule has 2 atom stereocenters. The maximum absolute atomic E-state index is 13.1. The number of rotatable bonds is 5. The molecule has 1 aromatic carbocycles. The Morgan fingerprint density at radius 3 is 2.54 bits per heavy atom. The fourth-order valence-electron chi connectivity index (χ4n) is 2.97. The van der Waals surface area contributed by atoms with E-state index in [0.717, 1.165) is 4.90 Å². The first-order valence-electron chi connectivity index (χ1n) is 8.61. The first-order valence-corrected chi connectivity index (χ1v) is 8.99. The Kier molecular flexibility index (Phi) is 6.28. The van der Waals surface area contributed by atoms with Crippen molar-refractivity contribution in [2.75, 3.05) is 18.1 Å². The van der Waals surface area contributed by atoms with E-state index in [2.05, 4.69) is 0 Å². The summed E-state index contributed by atoms with van der Waals surface area (Å²) in [5.74, 6) is -4.34. The van der Waals surface area contributed by atoms with Gasteiger partial charge in [-0.2, -0.15) is 0 Å². The molecule has 2 rings (SSSR count). The molecular formula is C18H21ClN2O7. The van der Waals surface area contributed by atoms with Crippen LogP contribution in [0.3, 0.4) is 0 Å². The van der Waals surface area contributed by atoms with E-state index in [4.69, 9.17) is 21.1 Å². The number of carbonyl (C=O) groups excluding carboxylic acids is 3. The lowest BCUT2D eigenvalue weighted by Gasteiger charge is -2.24. The average Bonchev–Trinajstić information content (AvgIpc) is 2.82. The Labute approximate surface area is 166 Å². The molecule has 0 N–H and O–H groups in total. The lowest BCUT2D eigenvalue weighted by atomic mass is 9.87. The summed E-state index contributed by atoms with van der Waals surface area (Å²) in [4.78, 5) is 49.2. The van der Waals surface area contributed by atoms with Gasteiger partial charge >= 0.3 is 12.1 Å². The van der Waals surface area contributed by atoms with Crippen LogP contribution in [0.25, 0.3) is 0 Å². The molecule has 2 amide bonds. The number of hydrogen-bond donors (Lipinski definition) is 0. The fourth-order valence-corrected chi connectivity index (χ4v) is 3.14. The maximum atomic E-state index is 13.1. The van der Waals surface area contributed by atoms with Gasteiger partial charge in [0.25, 0.3) is 0 Å². The van der Waals surface area contributed by atoms with Gasteiger partial charge in [-0.15, -0.1) is 0 Å². The van der Waals surface area contributed by atoms with Gasteiger partial charge in [-0.25, -0.2) is 9.69 Å². The Hall–Kier alpha value is -2.68. The van der Waals surface area contributed by atoms with Crippen molar-refractivity contribution < 1.29 is 28.8 Å². The highest BCUT2D eigenvalue weighted by Crippen LogP contribution is 2.43. The Morgan fingerprint density at radius 2 is 2.00 bits per heavy atom. The van der Waals surface area contributed by atoms with Crippen LogP contribution in [0.1, 0.15) is 39.2 Å². The van der Waals surface area contributed by atoms with Crippen molar-refractivity contribution in [1.29, 1.82) is 0 Å². The van der Waals surface area contributed by atoms with Crippen LogP contribution in [-0.4, -0.2) is 41.6 Å². The highest BCUT2D eigenvalue weighted by atomic mass is 35.5. The fraction of sp³-hybridized carbons (Fsp3) is 0.500. The third kappa shape index (κ3) is 4.59. The van der Waals surface area contributed by atoms with Crippen molar-refractivity contribution in [1.82, 2.24) is 0 Å². The van der Waals surface area contributed by atoms with E-state index in [1.54, 1.807) is 27.7 Å². The van der Waals surface area contributed by atoms with Crippen LogP contribution in [-0.2, 0) is 19.1 Å². The minimum absolute atomic E-state index is 0.00276. The van der Waals surface area contributed by atoms with Crippen LogP contribution in [0.15, 0.2) is 18.2 Å². The topological polar surface area (TPSA) is 116 Å². The largest absolute Gasteiger partial charge is 0.466 e. The summed E-state index contributed by atoms with van der Waals surface area (Å²) in [6, 6.07) is 4.33. The second-order valence-corrected chi connectivity index (χ2v) is 7.65. The number of carbonyl (C=O) groups is 3. The van der Waals surface area contributed by atoms with Gasteiger partial charge in [-0.05, 0) is 45.4 Å². The molecule has 28 heavy (non-hydrogen) atoms. The number of amides is 2. The lowest BCUT2D eigenvalue weighted by molar-refractivity contribution is -0.486. The number of hydrogen-bond acceptors (Lipinski definition) is 7. The Bertz CT molecular complexity index is 819. The number of fused-ring (bicyclic) bond motifs is 1. The summed E-state index contributed by atoms with van der Waals surface area (Å²) in [6.45, 7) is 5.64. The van der Waals surface area contributed by atoms with Gasteiger partial charge in [0.05, 0.1) is 18.2 Å². The number of imide groups is 1. The predicted octanol–water partition coefficient (Wildman–Crippen LogP) is 3.16. The zero-order valence-corrected chi connectivity index (χ0v) is 16.7. The molecule has 0 unspecified atom stereocenters. The summed E-state index contributed by atoms with van der Waals surface area (Å²) >= 11 is 6.01. The molecule has 1 heterocycles. The number of halogens is 1. The zero-order chi connectivity index (χ0) is 21.2. The van der Waals surface area contributed by atoms with E-state index in [1.807, 2.05) is 0 Å². The third-order valence-corrected chi connectivity index (χ3v) is 4.20. The molecule has 10 heteroatoms. The van der Waals surface area contributed by atoms with Crippen molar-refractivity contribution >= 4 is 35.3 Å². The van der Waals surface area contributed by atoms with Gasteiger partial charge in [0.2, 0.25) is 12.5 Å². The first kappa shape index (κ1) is 21.6. The second-order valence-electron chi connectivity index (χ2n) is 7.21. The second kappa shape index (κ2) is 8.14. The molecule has 0 radical (unpaired) electrons. The van der Waals surface area contributed by atoms with Crippen molar-refractivity contribution in [3.05, 3.63) is 38.9 Å². The van der Waals surface area contributed by atoms with Gasteiger partial charge in [0.1, 0.15) is 11.5 Å². The number of nitro groups is 1. The molecule has 0 saturated carbocycles. The van der Waals surface area contributed by atoms with Crippen molar-refractivity contribution in [3.63, 3.8) is 0 Å². The molecule has 1 aromatic rings. The third-order valence-electron chi connectivity index (χ3n) is 3.97. The predicted molar refractivity (Wildman–Crippen MR) is 99.9 cm³/mol. The molecule has 0 saturated heterocycles. The summed E-state index contributed by atoms with van der Waals surface area (Å²) in [7, 11) is 0. The summed E-state index contributed by atoms with van der Waals surface area (Å²) in [6.07, 6.45) is -0.952. The first-order chi connectivity index (χ1) is 13.0. The van der Waals surface area contributed by atoms with Crippen LogP contribution in [0.5, 0.6) is 0 Å². The normalized spacial score (nSPS) is 17.1. The lowest BCUT2D eigenvalue weighted by Crippen LogP contribution is -2.42. The minimum atomic E-state index is -1.39. The number of ether oxygens (including phenoxy) is 2. The number of anilines is 1. The van der Waals surface area contributed by atoms with Gasteiger partial charge < -0.3 is 9.47 Å². The molecule has 0 aromatic heterocycles. The molecule has 0 spiro atoms. The molecule has 152 valence electrons. The van der Waals surface area contributed by atoms with Crippen molar-refractivity contribution in [3.8, 4) is 0 Å². The maximum Gasteiger partial charge on any atom is 0.421 e. The van der Waals surface area contributed by atoms with Gasteiger partial charge in [0.15, 0.2) is 0 Å². The highest BCUT2D eigenvalue weighted by molar-refractivity contribution is 6.31. The number of benzene rings is 1. The summed E-state index contributed by atoms with van der Waals surface area (Å²) in [5, 5.41) is 11.4. The van der Waals surface area contributed by atoms with E-state index >= 15 is 0 Å². The van der Waals surface area contributed by atoms with Gasteiger partial charge in [-0.3, -0.25) is 19.7 Å². The number of nitrogens with zero attached hydrogens (tertiary/aromatic N) is 2. The smallest absolute Gasteiger partial charge is 0.421 e. The van der Waals surface area contributed by atoms with E-state index in [1.165, 1.54) is 18.2 Å². The Balaban J connectivity index is 2.54. The quantitative estimate of drug-likeness (QED) is 0.414. The molecule has 0 aliphatic carbocycles. The molecule has 0 bridgehead atoms. The minimum Gasteiger partial charge on any atom is -0.466 e. The zero-order valence-electron chi connectivity index (χ0n) is 15.9. The Morgan fingerprint density at radius 1 is 1.36 bits per heavy atom. The average molecular weight is 413 g/mol. The molecule has 9 nitrogen and oxygen atoms in total. The van der Waals surface area contributed by atoms with E-state index in [-0.39, 0.29) is 22.9 Å². The summed E-state index contributed by atoms with van der Waals surface area (Å²) in [5.41, 5.74) is -0.468. The SMILES string of the molecule is CCOC(=O)[C@@H](C[N+](=O)[O-])[C@H]1C(=O)N(C(=O)OC(C)(C)C)c2cc(Cl)ccc21. The van der Waals surface area contributed by atoms with Crippen LogP contribution >= 0.6 is 11.6 Å². The van der Waals surface area contributed by atoms with E-state index < -0.39 is 46.9 Å². The van der Waals surface area contributed by atoms with Crippen LogP contribution in [0.2, 0.25) is 5.02 Å². The van der Waals surface area contributed by atoms with Gasteiger partial charge in [-0.1, -0.05) is 17.7 Å². The van der Waals surface area contributed by atoms with Crippen LogP contribution < -0.4 is 4.90 Å². The van der Waals surface area contributed by atoms with Crippen molar-refractivity contribution in [2.45, 2.75) is 39.2 Å². The monoisotopic (exact) mass is 412 g/mol. The standard InChI is InChI=1S/C18H21ClN2O7/c1-5-27-16(23)12(9-20(25)26)14-11-7-6-10(19)8-13(11)21(15(14)22)17(24)28-18(2,3)4/h6-8,12,14H,5,9H2,1-4H3/t12-,14-/m0/s1. The highest BCUT2D eigenvalue weighted by Gasteiger charge is 2.50. The number of esters is 1. The van der Waals surface area contributed by atoms with Crippen molar-refractivity contribution in [2.24, 2.45) is 5.92 Å². The van der Waals surface area contributed by atoms with Crippen LogP contribution in [0.4, 0.5) is 10.5 Å². The molecule has 1 aliphatic heterocycles. The summed E-state index contributed by atoms with van der Waals surface area (Å²) < 4.78 is 10.2.